The van der Waals surface area contributed by atoms with E-state index in [0.717, 1.165) is 46.4 Å². The lowest BCUT2D eigenvalue weighted by atomic mass is 10.0. The number of rotatable bonds is 8. The van der Waals surface area contributed by atoms with Crippen LogP contribution in [0.25, 0.3) is 10.9 Å². The first-order valence-corrected chi connectivity index (χ1v) is 12.3. The van der Waals surface area contributed by atoms with E-state index in [0.29, 0.717) is 12.1 Å². The summed E-state index contributed by atoms with van der Waals surface area (Å²) in [4.78, 5) is 33.9. The Kier molecular flexibility index (Phi) is 6.69. The summed E-state index contributed by atoms with van der Waals surface area (Å²) in [5.41, 5.74) is 3.13. The van der Waals surface area contributed by atoms with Crippen molar-refractivity contribution in [2.75, 3.05) is 6.54 Å². The highest BCUT2D eigenvalue weighted by molar-refractivity contribution is 7.09. The summed E-state index contributed by atoms with van der Waals surface area (Å²) in [6.07, 6.45) is 4.31. The average molecular weight is 475 g/mol. The van der Waals surface area contributed by atoms with Gasteiger partial charge in [-0.15, -0.1) is 11.3 Å². The van der Waals surface area contributed by atoms with Crippen LogP contribution in [0, 0.1) is 0 Å². The quantitative estimate of drug-likeness (QED) is 0.334. The molecule has 1 amide bonds. The number of carbonyl (C=O) groups is 2. The minimum absolute atomic E-state index is 0.147. The predicted octanol–water partition coefficient (Wildman–Crippen LogP) is 4.13. The van der Waals surface area contributed by atoms with E-state index in [4.69, 9.17) is 4.74 Å². The van der Waals surface area contributed by atoms with Crippen molar-refractivity contribution in [3.05, 3.63) is 88.0 Å². The van der Waals surface area contributed by atoms with Crippen molar-refractivity contribution >= 4 is 34.1 Å². The molecule has 8 heteroatoms. The molecule has 0 saturated carbocycles. The van der Waals surface area contributed by atoms with Gasteiger partial charge in [0.05, 0.1) is 6.04 Å². The number of aromatic amines is 1. The van der Waals surface area contributed by atoms with Gasteiger partial charge in [0.1, 0.15) is 23.4 Å². The Morgan fingerprint density at radius 2 is 1.97 bits per heavy atom. The fourth-order valence-corrected chi connectivity index (χ4v) is 5.13. The summed E-state index contributed by atoms with van der Waals surface area (Å²) in [6, 6.07) is 16.7. The number of ether oxygens (including phenoxy) is 1. The lowest BCUT2D eigenvalue weighted by Crippen LogP contribution is -2.43. The molecule has 1 aliphatic rings. The van der Waals surface area contributed by atoms with Crippen molar-refractivity contribution < 1.29 is 14.3 Å². The van der Waals surface area contributed by atoms with Gasteiger partial charge in [-0.05, 0) is 36.6 Å². The summed E-state index contributed by atoms with van der Waals surface area (Å²) < 4.78 is 5.58. The first-order valence-electron chi connectivity index (χ1n) is 11.4. The minimum atomic E-state index is -0.842. The maximum absolute atomic E-state index is 13.1. The first-order chi connectivity index (χ1) is 16.7. The molecule has 2 atom stereocenters. The average Bonchev–Trinajstić information content (AvgIpc) is 3.64. The van der Waals surface area contributed by atoms with Gasteiger partial charge in [-0.3, -0.25) is 4.79 Å². The van der Waals surface area contributed by atoms with Crippen molar-refractivity contribution in [2.24, 2.45) is 0 Å². The van der Waals surface area contributed by atoms with Crippen LogP contribution in [0.4, 0.5) is 0 Å². The molecule has 34 heavy (non-hydrogen) atoms. The SMILES string of the molecule is O=C(NC(Cc1c[nH]c2ccccc12)C(=O)OCc1ccccc1)c1csc(C2CCCN2)n1. The van der Waals surface area contributed by atoms with Crippen molar-refractivity contribution in [1.82, 2.24) is 20.6 Å². The number of aromatic nitrogens is 2. The smallest absolute Gasteiger partial charge is 0.329 e. The van der Waals surface area contributed by atoms with E-state index < -0.39 is 12.0 Å². The fraction of sp³-hybridized carbons (Fsp3) is 0.269. The van der Waals surface area contributed by atoms with Crippen molar-refractivity contribution in [1.29, 1.82) is 0 Å². The van der Waals surface area contributed by atoms with Gasteiger partial charge >= 0.3 is 5.97 Å². The Hall–Kier alpha value is -3.49. The molecule has 3 N–H and O–H groups in total. The number of hydrogen-bond donors (Lipinski definition) is 3. The summed E-state index contributed by atoms with van der Waals surface area (Å²) in [7, 11) is 0. The van der Waals surface area contributed by atoms with Crippen LogP contribution in [0.3, 0.4) is 0 Å². The number of benzene rings is 2. The monoisotopic (exact) mass is 474 g/mol. The molecule has 2 unspecified atom stereocenters. The molecule has 0 bridgehead atoms. The highest BCUT2D eigenvalue weighted by Crippen LogP contribution is 2.26. The molecule has 1 saturated heterocycles. The summed E-state index contributed by atoms with van der Waals surface area (Å²) in [5.74, 6) is -0.850. The second kappa shape index (κ2) is 10.2. The van der Waals surface area contributed by atoms with Gasteiger partial charge in [0.25, 0.3) is 5.91 Å². The summed E-state index contributed by atoms with van der Waals surface area (Å²) in [6.45, 7) is 1.11. The normalized spacial score (nSPS) is 16.4. The molecular weight excluding hydrogens is 448 g/mol. The van der Waals surface area contributed by atoms with Crippen molar-refractivity contribution in [3.8, 4) is 0 Å². The molecule has 7 nitrogen and oxygen atoms in total. The van der Waals surface area contributed by atoms with Gasteiger partial charge in [0, 0.05) is 28.9 Å². The number of nitrogens with zero attached hydrogens (tertiary/aromatic N) is 1. The van der Waals surface area contributed by atoms with Gasteiger partial charge < -0.3 is 20.4 Å². The molecular formula is C26H26N4O3S. The van der Waals surface area contributed by atoms with Crippen LogP contribution < -0.4 is 10.6 Å². The lowest BCUT2D eigenvalue weighted by Gasteiger charge is -2.17. The van der Waals surface area contributed by atoms with Gasteiger partial charge in [-0.1, -0.05) is 48.5 Å². The van der Waals surface area contributed by atoms with Crippen LogP contribution in [0.2, 0.25) is 0 Å². The van der Waals surface area contributed by atoms with E-state index in [9.17, 15) is 9.59 Å². The van der Waals surface area contributed by atoms with E-state index in [1.54, 1.807) is 5.38 Å². The lowest BCUT2D eigenvalue weighted by molar-refractivity contribution is -0.147. The highest BCUT2D eigenvalue weighted by atomic mass is 32.1. The third-order valence-corrected chi connectivity index (χ3v) is 6.98. The highest BCUT2D eigenvalue weighted by Gasteiger charge is 2.27. The Balaban J connectivity index is 1.33. The number of H-pyrrole nitrogens is 1. The molecule has 174 valence electrons. The number of thiazole rings is 1. The molecule has 1 fully saturated rings. The third-order valence-electron chi connectivity index (χ3n) is 6.03. The minimum Gasteiger partial charge on any atom is -0.459 e. The van der Waals surface area contributed by atoms with Crippen LogP contribution in [0.1, 0.15) is 45.5 Å². The second-order valence-electron chi connectivity index (χ2n) is 8.40. The molecule has 2 aromatic heterocycles. The second-order valence-corrected chi connectivity index (χ2v) is 9.29. The van der Waals surface area contributed by atoms with E-state index in [2.05, 4.69) is 20.6 Å². The zero-order chi connectivity index (χ0) is 23.3. The number of nitrogens with one attached hydrogen (secondary N) is 3. The van der Waals surface area contributed by atoms with Gasteiger partial charge in [-0.2, -0.15) is 0 Å². The molecule has 0 aliphatic carbocycles. The van der Waals surface area contributed by atoms with Gasteiger partial charge in [0.15, 0.2) is 0 Å². The van der Waals surface area contributed by atoms with Crippen LogP contribution in [0.15, 0.2) is 66.2 Å². The number of fused-ring (bicyclic) bond motifs is 1. The Bertz CT molecular complexity index is 1280. The number of esters is 1. The molecule has 0 radical (unpaired) electrons. The molecule has 3 heterocycles. The Labute approximate surface area is 201 Å². The molecule has 1 aliphatic heterocycles. The zero-order valence-electron chi connectivity index (χ0n) is 18.6. The number of carbonyl (C=O) groups excluding carboxylic acids is 2. The largest absolute Gasteiger partial charge is 0.459 e. The zero-order valence-corrected chi connectivity index (χ0v) is 19.4. The number of para-hydroxylation sites is 1. The molecule has 4 aromatic rings. The molecule has 2 aromatic carbocycles. The van der Waals surface area contributed by atoms with Crippen LogP contribution in [0.5, 0.6) is 0 Å². The van der Waals surface area contributed by atoms with E-state index in [1.807, 2.05) is 60.8 Å². The standard InChI is InChI=1S/C26H26N4O3S/c31-24(23-16-34-25(30-23)21-11-6-12-27-21)29-22(26(32)33-15-17-7-2-1-3-8-17)13-18-14-28-20-10-5-4-9-19(18)20/h1-5,7-10,14,16,21-22,27-28H,6,11-13,15H2,(H,29,31). The van der Waals surface area contributed by atoms with E-state index in [1.165, 1.54) is 11.3 Å². The predicted molar refractivity (Wildman–Crippen MR) is 132 cm³/mol. The van der Waals surface area contributed by atoms with E-state index >= 15 is 0 Å². The number of amides is 1. The number of hydrogen-bond acceptors (Lipinski definition) is 6. The van der Waals surface area contributed by atoms with Crippen molar-refractivity contribution in [3.63, 3.8) is 0 Å². The van der Waals surface area contributed by atoms with Gasteiger partial charge in [0.2, 0.25) is 0 Å². The Morgan fingerprint density at radius 3 is 2.79 bits per heavy atom. The topological polar surface area (TPSA) is 96.1 Å². The van der Waals surface area contributed by atoms with Crippen LogP contribution >= 0.6 is 11.3 Å². The van der Waals surface area contributed by atoms with E-state index in [-0.39, 0.29) is 18.6 Å². The van der Waals surface area contributed by atoms with Crippen molar-refractivity contribution in [2.45, 2.75) is 38.0 Å². The van der Waals surface area contributed by atoms with Gasteiger partial charge in [-0.25, -0.2) is 9.78 Å². The maximum Gasteiger partial charge on any atom is 0.329 e. The summed E-state index contributed by atoms with van der Waals surface area (Å²) >= 11 is 1.47. The summed E-state index contributed by atoms with van der Waals surface area (Å²) in [5, 5.41) is 9.95. The molecule has 5 rings (SSSR count). The maximum atomic E-state index is 13.1. The third kappa shape index (κ3) is 5.03. The van der Waals surface area contributed by atoms with Crippen LogP contribution in [-0.4, -0.2) is 34.4 Å². The Morgan fingerprint density at radius 1 is 1.15 bits per heavy atom. The fourth-order valence-electron chi connectivity index (χ4n) is 4.22. The molecule has 0 spiro atoms. The van der Waals surface area contributed by atoms with Crippen LogP contribution in [-0.2, 0) is 22.6 Å². The first kappa shape index (κ1) is 22.3.